The Balaban J connectivity index is 1.15. The van der Waals surface area contributed by atoms with Crippen molar-refractivity contribution in [2.45, 2.75) is 13.8 Å². The topological polar surface area (TPSA) is 61.4 Å². The summed E-state index contributed by atoms with van der Waals surface area (Å²) in [5, 5.41) is 4.54. The number of hydrogen-bond donors (Lipinski definition) is 0. The first-order chi connectivity index (χ1) is 30.7. The second kappa shape index (κ2) is 15.4. The molecule has 0 spiro atoms. The Morgan fingerprint density at radius 3 is 1.65 bits per heavy atom. The number of rotatable bonds is 8. The molecule has 0 saturated carbocycles. The van der Waals surface area contributed by atoms with Crippen molar-refractivity contribution in [1.29, 1.82) is 0 Å². The van der Waals surface area contributed by atoms with Crippen molar-refractivity contribution in [1.82, 2.24) is 29.1 Å². The van der Waals surface area contributed by atoms with Crippen LogP contribution in [-0.4, -0.2) is 29.1 Å². The molecule has 0 fully saturated rings. The van der Waals surface area contributed by atoms with Crippen LogP contribution in [0.3, 0.4) is 0 Å². The molecule has 4 aromatic heterocycles. The minimum Gasteiger partial charge on any atom is -0.307 e. The summed E-state index contributed by atoms with van der Waals surface area (Å²) in [5.74, 6) is 1.78. The molecule has 0 N–H and O–H groups in total. The van der Waals surface area contributed by atoms with Gasteiger partial charge in [-0.25, -0.2) is 9.97 Å². The Morgan fingerprint density at radius 2 is 0.968 bits per heavy atom. The van der Waals surface area contributed by atoms with Crippen LogP contribution < -0.4 is 0 Å². The molecule has 0 aliphatic rings. The van der Waals surface area contributed by atoms with Crippen molar-refractivity contribution in [2.75, 3.05) is 0 Å². The predicted octanol–water partition coefficient (Wildman–Crippen LogP) is 14.1. The van der Waals surface area contributed by atoms with Crippen molar-refractivity contribution in [2.24, 2.45) is 0 Å². The number of allylic oxidation sites excluding steroid dienone is 4. The third-order valence-electron chi connectivity index (χ3n) is 11.7. The van der Waals surface area contributed by atoms with Crippen LogP contribution in [0.4, 0.5) is 0 Å². The quantitative estimate of drug-likeness (QED) is 0.144. The van der Waals surface area contributed by atoms with Crippen molar-refractivity contribution < 1.29 is 0 Å². The lowest BCUT2D eigenvalue weighted by atomic mass is 10.0. The van der Waals surface area contributed by atoms with E-state index in [-0.39, 0.29) is 0 Å². The minimum atomic E-state index is 0.555. The van der Waals surface area contributed by atoms with Crippen LogP contribution in [-0.2, 0) is 0 Å². The van der Waals surface area contributed by atoms with Gasteiger partial charge >= 0.3 is 0 Å². The second-order valence-electron chi connectivity index (χ2n) is 15.4. The van der Waals surface area contributed by atoms with Crippen LogP contribution in [0.5, 0.6) is 0 Å². The summed E-state index contributed by atoms with van der Waals surface area (Å²) in [5.41, 5.74) is 13.4. The molecule has 0 aliphatic carbocycles. The highest BCUT2D eigenvalue weighted by atomic mass is 15.2. The van der Waals surface area contributed by atoms with Crippen LogP contribution in [0.1, 0.15) is 19.7 Å². The summed E-state index contributed by atoms with van der Waals surface area (Å²) < 4.78 is 4.64. The van der Waals surface area contributed by atoms with Gasteiger partial charge in [-0.3, -0.25) is 4.57 Å². The normalized spacial score (nSPS) is 12.1. The summed E-state index contributed by atoms with van der Waals surface area (Å²) in [6.45, 7) is 4.03. The Bertz CT molecular complexity index is 3540. The van der Waals surface area contributed by atoms with Gasteiger partial charge in [0.25, 0.3) is 0 Å². The molecule has 0 radical (unpaired) electrons. The largest absolute Gasteiger partial charge is 0.307 e. The zero-order valence-electron chi connectivity index (χ0n) is 34.3. The lowest BCUT2D eigenvalue weighted by molar-refractivity contribution is 0.932. The van der Waals surface area contributed by atoms with E-state index >= 15 is 0 Å². The number of hydrogen-bond acceptors (Lipinski definition) is 4. The standard InChI is InChI=1S/C56H40N6/c1-3-18-37(4-2)54-58-55(39-21-9-6-10-22-39)60-56(59-54)62-51-32-14-12-28-45(51)47-34-33-46-44-27-11-13-31-50(44)61(52(46)53(47)62)43-26-16-25-42(36-43)49-30-17-29-48(57-49)41-24-15-23-40(35-41)38-19-7-5-8-20-38/h3-36H,1-2H3/b18-3-,37-4+. The maximum absolute atomic E-state index is 5.27. The molecular weight excluding hydrogens is 757 g/mol. The maximum Gasteiger partial charge on any atom is 0.238 e. The first kappa shape index (κ1) is 36.8. The monoisotopic (exact) mass is 796 g/mol. The van der Waals surface area contributed by atoms with Gasteiger partial charge in [0.15, 0.2) is 11.6 Å². The first-order valence-corrected chi connectivity index (χ1v) is 21.0. The van der Waals surface area contributed by atoms with Gasteiger partial charge in [-0.05, 0) is 67.4 Å². The molecule has 0 saturated heterocycles. The van der Waals surface area contributed by atoms with Crippen molar-refractivity contribution in [3.63, 3.8) is 0 Å². The van der Waals surface area contributed by atoms with E-state index in [9.17, 15) is 0 Å². The maximum atomic E-state index is 5.27. The van der Waals surface area contributed by atoms with E-state index in [1.165, 1.54) is 5.56 Å². The molecule has 11 aromatic rings. The van der Waals surface area contributed by atoms with Crippen molar-refractivity contribution >= 4 is 49.2 Å². The molecule has 4 heterocycles. The van der Waals surface area contributed by atoms with E-state index in [1.807, 2.05) is 44.2 Å². The molecule has 0 aliphatic heterocycles. The van der Waals surface area contributed by atoms with Gasteiger partial charge in [-0.15, -0.1) is 0 Å². The van der Waals surface area contributed by atoms with E-state index in [2.05, 4.69) is 185 Å². The summed E-state index contributed by atoms with van der Waals surface area (Å²) in [4.78, 5) is 20.8. The number of aromatic nitrogens is 6. The number of benzene rings is 7. The average molecular weight is 797 g/mol. The first-order valence-electron chi connectivity index (χ1n) is 21.0. The average Bonchev–Trinajstić information content (AvgIpc) is 3.87. The van der Waals surface area contributed by atoms with E-state index in [0.717, 1.165) is 88.5 Å². The third kappa shape index (κ3) is 6.28. The molecule has 6 heteroatoms. The van der Waals surface area contributed by atoms with Crippen LogP contribution in [0, 0.1) is 0 Å². The van der Waals surface area contributed by atoms with E-state index < -0.39 is 0 Å². The Hall–Kier alpha value is -8.22. The van der Waals surface area contributed by atoms with Crippen LogP contribution in [0.25, 0.3) is 106 Å². The highest BCUT2D eigenvalue weighted by Crippen LogP contribution is 2.42. The highest BCUT2D eigenvalue weighted by Gasteiger charge is 2.23. The fourth-order valence-electron chi connectivity index (χ4n) is 8.82. The number of para-hydroxylation sites is 2. The molecular formula is C56H40N6. The summed E-state index contributed by atoms with van der Waals surface area (Å²) in [6, 6.07) is 66.0. The van der Waals surface area contributed by atoms with Crippen LogP contribution >= 0.6 is 0 Å². The van der Waals surface area contributed by atoms with E-state index in [0.29, 0.717) is 17.6 Å². The third-order valence-corrected chi connectivity index (χ3v) is 11.7. The van der Waals surface area contributed by atoms with Gasteiger partial charge < -0.3 is 4.57 Å². The summed E-state index contributed by atoms with van der Waals surface area (Å²) in [7, 11) is 0. The Kier molecular flexibility index (Phi) is 9.16. The van der Waals surface area contributed by atoms with Gasteiger partial charge in [-0.2, -0.15) is 9.97 Å². The molecule has 7 aromatic carbocycles. The lowest BCUT2D eigenvalue weighted by Gasteiger charge is -2.14. The highest BCUT2D eigenvalue weighted by molar-refractivity contribution is 6.23. The summed E-state index contributed by atoms with van der Waals surface area (Å²) >= 11 is 0. The lowest BCUT2D eigenvalue weighted by Crippen LogP contribution is -2.08. The molecule has 62 heavy (non-hydrogen) atoms. The molecule has 0 atom stereocenters. The zero-order chi connectivity index (χ0) is 41.6. The molecule has 6 nitrogen and oxygen atoms in total. The minimum absolute atomic E-state index is 0.555. The van der Waals surface area contributed by atoms with Gasteiger partial charge in [0.05, 0.1) is 33.5 Å². The zero-order valence-corrected chi connectivity index (χ0v) is 34.3. The van der Waals surface area contributed by atoms with Gasteiger partial charge in [0, 0.05) is 49.5 Å². The predicted molar refractivity (Wildman–Crippen MR) is 257 cm³/mol. The fraction of sp³-hybridized carbons (Fsp3) is 0.0357. The molecule has 0 unspecified atom stereocenters. The molecule has 0 amide bonds. The van der Waals surface area contributed by atoms with Crippen molar-refractivity contribution in [3.05, 3.63) is 212 Å². The molecule has 294 valence electrons. The smallest absolute Gasteiger partial charge is 0.238 e. The number of fused-ring (bicyclic) bond motifs is 7. The SMILES string of the molecule is C/C=C\C(=C/C)c1nc(-c2ccccc2)nc(-n2c3ccccc3c3ccc4c5ccccc5n(-c5cccc(-c6cccc(-c7cccc(-c8ccccc8)c7)n6)c5)c4c32)n1. The van der Waals surface area contributed by atoms with E-state index in [4.69, 9.17) is 19.9 Å². The molecule has 11 rings (SSSR count). The fourth-order valence-corrected chi connectivity index (χ4v) is 8.82. The van der Waals surface area contributed by atoms with Crippen LogP contribution in [0.2, 0.25) is 0 Å². The molecule has 0 bridgehead atoms. The van der Waals surface area contributed by atoms with Gasteiger partial charge in [0.2, 0.25) is 5.95 Å². The van der Waals surface area contributed by atoms with Crippen molar-refractivity contribution in [3.8, 4) is 56.7 Å². The Morgan fingerprint density at radius 1 is 0.419 bits per heavy atom. The Labute approximate surface area is 359 Å². The number of pyridine rings is 1. The summed E-state index contributed by atoms with van der Waals surface area (Å²) in [6.07, 6.45) is 6.12. The van der Waals surface area contributed by atoms with Gasteiger partial charge in [-0.1, -0.05) is 164 Å². The van der Waals surface area contributed by atoms with Gasteiger partial charge in [0.1, 0.15) is 0 Å². The second-order valence-corrected chi connectivity index (χ2v) is 15.4. The van der Waals surface area contributed by atoms with E-state index in [1.54, 1.807) is 0 Å². The van der Waals surface area contributed by atoms with Crippen LogP contribution in [0.15, 0.2) is 206 Å². The number of nitrogens with zero attached hydrogens (tertiary/aromatic N) is 6.